The van der Waals surface area contributed by atoms with Crippen molar-refractivity contribution >= 4 is 77.9 Å². The van der Waals surface area contributed by atoms with Crippen molar-refractivity contribution in [3.05, 3.63) is 0 Å². The molecule has 0 saturated heterocycles. The maximum Gasteiger partial charge on any atom is 0.360 e. The molecule has 0 amide bonds. The molecule has 0 bridgehead atoms. The molecule has 0 heterocycles. The van der Waals surface area contributed by atoms with Crippen LogP contribution in [0.5, 0.6) is 0 Å². The molecule has 5 nitrogen and oxygen atoms in total. The van der Waals surface area contributed by atoms with Crippen LogP contribution in [0.25, 0.3) is 0 Å². The van der Waals surface area contributed by atoms with E-state index in [1.165, 1.54) is 12.2 Å². The Bertz CT molecular complexity index is 615. The van der Waals surface area contributed by atoms with Crippen molar-refractivity contribution in [2.24, 2.45) is 0 Å². The molecule has 0 aliphatic rings. The Labute approximate surface area is 247 Å². The van der Waals surface area contributed by atoms with Crippen LogP contribution < -0.4 is 0 Å². The lowest BCUT2D eigenvalue weighted by molar-refractivity contribution is 0.266. The van der Waals surface area contributed by atoms with Crippen molar-refractivity contribution in [3.63, 3.8) is 0 Å². The number of hydrogen-bond donors (Lipinski definition) is 1. The zero-order chi connectivity index (χ0) is 29.4. The Balaban J connectivity index is 4.83. The molecule has 0 rings (SSSR count). The predicted molar refractivity (Wildman–Crippen MR) is 189 cm³/mol. The van der Waals surface area contributed by atoms with Crippen molar-refractivity contribution in [2.45, 2.75) is 108 Å². The summed E-state index contributed by atoms with van der Waals surface area (Å²) < 4.78 is 24.7. The third-order valence-electron chi connectivity index (χ3n) is 7.93. The standard InChI is InChI=1S/C23H60O5P2S2Si5/c1-22(2,33(9,10)11)29-36(25-5,26-6)20-16-18-31-35(14,15)32-19-17-21-37(27-7,28-8)30-23(3,4)34(12,13)24/h24,29-30H,16-21H2,1-15H3. The summed E-state index contributed by atoms with van der Waals surface area (Å²) in [6.07, 6.45) is 0.874. The van der Waals surface area contributed by atoms with Gasteiger partial charge in [-0.2, -0.15) is 22.4 Å². The molecule has 37 heavy (non-hydrogen) atoms. The predicted octanol–water partition coefficient (Wildman–Crippen LogP) is 7.93. The van der Waals surface area contributed by atoms with Gasteiger partial charge in [0.25, 0.3) is 0 Å². The number of hydrogen-bond acceptors (Lipinski definition) is 7. The average molecular weight is 683 g/mol. The highest BCUT2D eigenvalue weighted by molar-refractivity contribution is 8.58. The lowest BCUT2D eigenvalue weighted by Gasteiger charge is -2.42. The Morgan fingerprint density at radius 2 is 0.946 bits per heavy atom. The summed E-state index contributed by atoms with van der Waals surface area (Å²) in [5.74, 6) is 2.34. The van der Waals surface area contributed by atoms with Crippen LogP contribution in [0.3, 0.4) is 0 Å². The molecule has 14 heteroatoms. The Hall–Kier alpha value is 2.44. The van der Waals surface area contributed by atoms with Crippen molar-refractivity contribution in [2.75, 3.05) is 39.9 Å². The molecule has 2 atom stereocenters. The normalized spacial score (nSPS) is 15.6. The van der Waals surface area contributed by atoms with Crippen LogP contribution in [-0.4, -0.2) is 93.5 Å². The second kappa shape index (κ2) is 15.8. The first kappa shape index (κ1) is 39.4. The minimum absolute atomic E-state index is 0.101. The van der Waals surface area contributed by atoms with Crippen molar-refractivity contribution < 1.29 is 22.5 Å². The number of rotatable bonds is 20. The minimum atomic E-state index is -2.30. The van der Waals surface area contributed by atoms with Gasteiger partial charge < -0.3 is 22.5 Å². The lowest BCUT2D eigenvalue weighted by Crippen LogP contribution is -2.52. The topological polar surface area (TPSA) is 57.2 Å². The van der Waals surface area contributed by atoms with Gasteiger partial charge in [-0.25, -0.2) is 0 Å². The van der Waals surface area contributed by atoms with Crippen LogP contribution in [0, 0.1) is 0 Å². The molecule has 0 aromatic carbocycles. The first-order valence-corrected chi connectivity index (χ1v) is 34.3. The largest absolute Gasteiger partial charge is 0.431 e. The summed E-state index contributed by atoms with van der Waals surface area (Å²) in [7, 11) is 0.623. The van der Waals surface area contributed by atoms with E-state index < -0.39 is 39.2 Å². The van der Waals surface area contributed by atoms with E-state index in [0.29, 0.717) is 12.9 Å². The van der Waals surface area contributed by atoms with E-state index in [9.17, 15) is 4.80 Å². The van der Waals surface area contributed by atoms with Gasteiger partial charge in [0, 0.05) is 33.2 Å². The van der Waals surface area contributed by atoms with Crippen LogP contribution >= 0.6 is 38.7 Å². The molecule has 0 aliphatic carbocycles. The highest BCUT2D eigenvalue weighted by Crippen LogP contribution is 2.49. The molecule has 0 spiro atoms. The summed E-state index contributed by atoms with van der Waals surface area (Å²) in [4.78, 5) is 10.8. The molecule has 0 aliphatic heterocycles. The SMILES string of the molecule is CO[Si](CCCS[Si](C)(C)SCCC[Si](OC)(OC)PC(C)(C)[Si](C)(C)O)(OC)PC(C)(C)[Si](C)(C)C. The molecular formula is C23H60O5P2S2Si5. The molecule has 1 N–H and O–H groups in total. The Morgan fingerprint density at radius 3 is 1.22 bits per heavy atom. The Kier molecular flexibility index (Phi) is 16.8. The third kappa shape index (κ3) is 13.1. The fourth-order valence-electron chi connectivity index (χ4n) is 3.48. The fourth-order valence-corrected chi connectivity index (χ4v) is 38.0. The molecular weight excluding hydrogens is 623 g/mol. The van der Waals surface area contributed by atoms with Gasteiger partial charge in [0.2, 0.25) is 0 Å². The molecule has 0 fully saturated rings. The van der Waals surface area contributed by atoms with E-state index in [2.05, 4.69) is 82.9 Å². The highest BCUT2D eigenvalue weighted by Gasteiger charge is 2.48. The van der Waals surface area contributed by atoms with Crippen LogP contribution in [0.2, 0.25) is 57.9 Å². The van der Waals surface area contributed by atoms with Gasteiger partial charge in [0.15, 0.2) is 14.7 Å². The summed E-state index contributed by atoms with van der Waals surface area (Å²) in [5.41, 5.74) is 0. The zero-order valence-electron chi connectivity index (χ0n) is 26.6. The smallest absolute Gasteiger partial charge is 0.360 e. The van der Waals surface area contributed by atoms with E-state index in [1.807, 2.05) is 27.3 Å². The van der Waals surface area contributed by atoms with Crippen molar-refractivity contribution in [1.82, 2.24) is 0 Å². The first-order valence-electron chi connectivity index (χ1n) is 13.4. The molecule has 0 aromatic heterocycles. The summed E-state index contributed by atoms with van der Waals surface area (Å²) >= 11 is 4.37. The van der Waals surface area contributed by atoms with Gasteiger partial charge in [0.05, 0.1) is 8.07 Å². The van der Waals surface area contributed by atoms with E-state index in [4.69, 9.17) is 17.7 Å². The fraction of sp³-hybridized carbons (Fsp3) is 1.00. The molecule has 224 valence electrons. The maximum atomic E-state index is 10.8. The van der Waals surface area contributed by atoms with Gasteiger partial charge in [-0.1, -0.05) is 76.7 Å². The Morgan fingerprint density at radius 1 is 0.622 bits per heavy atom. The highest BCUT2D eigenvalue weighted by atomic mass is 32.6. The third-order valence-corrected chi connectivity index (χ3v) is 47.6. The summed E-state index contributed by atoms with van der Waals surface area (Å²) in [5, 5.41) is 0. The second-order valence-electron chi connectivity index (χ2n) is 12.9. The van der Waals surface area contributed by atoms with Crippen LogP contribution in [0.4, 0.5) is 0 Å². The maximum absolute atomic E-state index is 10.8. The van der Waals surface area contributed by atoms with Gasteiger partial charge in [-0.05, 0) is 54.3 Å². The summed E-state index contributed by atoms with van der Waals surface area (Å²) in [6, 6.07) is 2.09. The van der Waals surface area contributed by atoms with Crippen molar-refractivity contribution in [3.8, 4) is 0 Å². The van der Waals surface area contributed by atoms with E-state index in [0.717, 1.165) is 32.4 Å². The van der Waals surface area contributed by atoms with Crippen LogP contribution in [0.1, 0.15) is 40.5 Å². The van der Waals surface area contributed by atoms with Crippen LogP contribution in [0.15, 0.2) is 0 Å². The molecule has 0 saturated carbocycles. The minimum Gasteiger partial charge on any atom is -0.431 e. The average Bonchev–Trinajstić information content (AvgIpc) is 2.76. The van der Waals surface area contributed by atoms with E-state index >= 15 is 0 Å². The first-order chi connectivity index (χ1) is 16.6. The van der Waals surface area contributed by atoms with Gasteiger partial charge in [-0.3, -0.25) is 0 Å². The van der Waals surface area contributed by atoms with Crippen LogP contribution in [-0.2, 0) is 17.7 Å². The summed E-state index contributed by atoms with van der Waals surface area (Å²) in [6.45, 7) is 25.7. The second-order valence-corrected chi connectivity index (χ2v) is 51.6. The molecule has 0 aromatic rings. The van der Waals surface area contributed by atoms with E-state index in [-0.39, 0.29) is 4.78 Å². The molecule has 2 unspecified atom stereocenters. The van der Waals surface area contributed by atoms with Gasteiger partial charge in [0.1, 0.15) is 0 Å². The lowest BCUT2D eigenvalue weighted by atomic mass is 10.5. The van der Waals surface area contributed by atoms with E-state index in [1.54, 1.807) is 14.2 Å². The monoisotopic (exact) mass is 682 g/mol. The van der Waals surface area contributed by atoms with Gasteiger partial charge in [-0.15, -0.1) is 0 Å². The van der Waals surface area contributed by atoms with Crippen molar-refractivity contribution in [1.29, 1.82) is 0 Å². The van der Waals surface area contributed by atoms with Gasteiger partial charge >= 0.3 is 16.5 Å². The molecule has 0 radical (unpaired) electrons. The zero-order valence-corrected chi connectivity index (χ0v) is 35.3. The quantitative estimate of drug-likeness (QED) is 0.0796.